The standard InChI is InChI=1S/C25H32N4O5S2/c1-3-4-17-29-19(2)27-35(31,32)24-18-21(9-12-23(24)29)25(30)26-14-13-20-7-10-22(11-8-20)36(33,34)28-15-5-6-16-28/h7-12,18H,3-6,13-17H2,1-2H3,(H,26,30). The summed E-state index contributed by atoms with van der Waals surface area (Å²) in [4.78, 5) is 14.9. The number of benzene rings is 2. The van der Waals surface area contributed by atoms with E-state index in [1.807, 2.05) is 4.90 Å². The second kappa shape index (κ2) is 10.7. The molecule has 0 aromatic heterocycles. The monoisotopic (exact) mass is 532 g/mol. The third-order valence-corrected chi connectivity index (χ3v) is 9.79. The van der Waals surface area contributed by atoms with E-state index in [0.29, 0.717) is 44.1 Å². The van der Waals surface area contributed by atoms with Crippen LogP contribution in [0.5, 0.6) is 0 Å². The van der Waals surface area contributed by atoms with Crippen LogP contribution in [0.25, 0.3) is 0 Å². The Bertz CT molecular complexity index is 1360. The van der Waals surface area contributed by atoms with Crippen molar-refractivity contribution in [2.24, 2.45) is 4.40 Å². The number of anilines is 1. The SMILES string of the molecule is CCCCN1C(C)=NS(=O)(=O)c2cc(C(=O)NCCc3ccc(S(=O)(=O)N4CCCC4)cc3)ccc21. The van der Waals surface area contributed by atoms with Crippen LogP contribution < -0.4 is 10.2 Å². The number of amides is 1. The maximum Gasteiger partial charge on any atom is 0.286 e. The number of carbonyl (C=O) groups excluding carboxylic acids is 1. The normalized spacial score (nSPS) is 17.5. The molecule has 2 aliphatic heterocycles. The van der Waals surface area contributed by atoms with Crippen LogP contribution in [-0.4, -0.2) is 59.1 Å². The number of hydrogen-bond acceptors (Lipinski definition) is 6. The van der Waals surface area contributed by atoms with Crippen LogP contribution in [0.15, 0.2) is 56.7 Å². The molecule has 2 heterocycles. The summed E-state index contributed by atoms with van der Waals surface area (Å²) >= 11 is 0. The van der Waals surface area contributed by atoms with E-state index in [2.05, 4.69) is 16.6 Å². The third-order valence-electron chi connectivity index (χ3n) is 6.49. The smallest absolute Gasteiger partial charge is 0.286 e. The van der Waals surface area contributed by atoms with E-state index in [4.69, 9.17) is 0 Å². The maximum atomic E-state index is 12.7. The van der Waals surface area contributed by atoms with Crippen LogP contribution in [-0.2, 0) is 26.5 Å². The zero-order valence-corrected chi connectivity index (χ0v) is 22.2. The minimum atomic E-state index is -3.88. The molecule has 0 bridgehead atoms. The van der Waals surface area contributed by atoms with E-state index >= 15 is 0 Å². The zero-order valence-electron chi connectivity index (χ0n) is 20.6. The third kappa shape index (κ3) is 5.47. The lowest BCUT2D eigenvalue weighted by Gasteiger charge is -2.29. The van der Waals surface area contributed by atoms with Crippen molar-refractivity contribution in [2.45, 2.75) is 55.7 Å². The van der Waals surface area contributed by atoms with Crippen molar-refractivity contribution in [1.29, 1.82) is 0 Å². The second-order valence-corrected chi connectivity index (χ2v) is 12.6. The lowest BCUT2D eigenvalue weighted by molar-refractivity contribution is 0.0954. The van der Waals surface area contributed by atoms with Gasteiger partial charge in [-0.3, -0.25) is 4.79 Å². The average molecular weight is 533 g/mol. The van der Waals surface area contributed by atoms with Gasteiger partial charge in [-0.25, -0.2) is 8.42 Å². The molecule has 0 saturated carbocycles. The summed E-state index contributed by atoms with van der Waals surface area (Å²) < 4.78 is 56.0. The molecule has 0 spiro atoms. The van der Waals surface area contributed by atoms with Gasteiger partial charge in [0.05, 0.1) is 10.6 Å². The van der Waals surface area contributed by atoms with Crippen molar-refractivity contribution >= 4 is 37.5 Å². The quantitative estimate of drug-likeness (QED) is 0.530. The predicted molar refractivity (Wildman–Crippen MR) is 139 cm³/mol. The Hall–Kier alpha value is -2.76. The summed E-state index contributed by atoms with van der Waals surface area (Å²) in [5, 5.41) is 2.82. The number of nitrogens with one attached hydrogen (secondary N) is 1. The van der Waals surface area contributed by atoms with Crippen LogP contribution in [0.4, 0.5) is 5.69 Å². The van der Waals surface area contributed by atoms with Gasteiger partial charge in [0.1, 0.15) is 10.7 Å². The van der Waals surface area contributed by atoms with Crippen molar-refractivity contribution in [3.8, 4) is 0 Å². The Morgan fingerprint density at radius 2 is 1.78 bits per heavy atom. The first-order chi connectivity index (χ1) is 17.1. The fraction of sp³-hybridized carbons (Fsp3) is 0.440. The number of unbranched alkanes of at least 4 members (excludes halogenated alkanes) is 1. The number of amidine groups is 1. The van der Waals surface area contributed by atoms with Gasteiger partial charge in [0.2, 0.25) is 10.0 Å². The van der Waals surface area contributed by atoms with E-state index in [-0.39, 0.29) is 21.3 Å². The summed E-state index contributed by atoms with van der Waals surface area (Å²) in [6, 6.07) is 11.4. The van der Waals surface area contributed by atoms with Crippen LogP contribution in [0, 0.1) is 0 Å². The molecule has 1 amide bonds. The highest BCUT2D eigenvalue weighted by Crippen LogP contribution is 2.32. The highest BCUT2D eigenvalue weighted by atomic mass is 32.2. The lowest BCUT2D eigenvalue weighted by atomic mass is 10.1. The lowest BCUT2D eigenvalue weighted by Crippen LogP contribution is -2.35. The van der Waals surface area contributed by atoms with Crippen molar-refractivity contribution in [2.75, 3.05) is 31.1 Å². The molecule has 9 nitrogen and oxygen atoms in total. The Labute approximate surface area is 213 Å². The van der Waals surface area contributed by atoms with Gasteiger partial charge in [0.15, 0.2) is 0 Å². The Morgan fingerprint density at radius 1 is 1.08 bits per heavy atom. The molecular formula is C25H32N4O5S2. The topological polar surface area (TPSA) is 116 Å². The van der Waals surface area contributed by atoms with Gasteiger partial charge in [-0.2, -0.15) is 12.7 Å². The fourth-order valence-electron chi connectivity index (χ4n) is 4.46. The Balaban J connectivity index is 1.40. The van der Waals surface area contributed by atoms with E-state index in [1.165, 1.54) is 10.4 Å². The first kappa shape index (κ1) is 26.3. The summed E-state index contributed by atoms with van der Waals surface area (Å²) in [7, 11) is -7.33. The molecule has 1 saturated heterocycles. The largest absolute Gasteiger partial charge is 0.352 e. The molecule has 0 radical (unpaired) electrons. The molecule has 1 fully saturated rings. The van der Waals surface area contributed by atoms with Crippen molar-refractivity contribution in [1.82, 2.24) is 9.62 Å². The second-order valence-electron chi connectivity index (χ2n) is 9.06. The number of rotatable bonds is 9. The van der Waals surface area contributed by atoms with Crippen LogP contribution in [0.1, 0.15) is 55.5 Å². The van der Waals surface area contributed by atoms with E-state index in [9.17, 15) is 21.6 Å². The molecule has 0 atom stereocenters. The summed E-state index contributed by atoms with van der Waals surface area (Å²) in [5.74, 6) is 0.0417. The molecule has 1 N–H and O–H groups in total. The van der Waals surface area contributed by atoms with Crippen molar-refractivity contribution < 1.29 is 21.6 Å². The fourth-order valence-corrected chi connectivity index (χ4v) is 7.24. The number of nitrogens with zero attached hydrogens (tertiary/aromatic N) is 3. The Morgan fingerprint density at radius 3 is 2.44 bits per heavy atom. The molecule has 11 heteroatoms. The van der Waals surface area contributed by atoms with Gasteiger partial charge in [0.25, 0.3) is 15.9 Å². The summed E-state index contributed by atoms with van der Waals surface area (Å²) in [5.41, 5.74) is 1.67. The Kier molecular flexibility index (Phi) is 7.82. The molecule has 2 aromatic carbocycles. The van der Waals surface area contributed by atoms with Gasteiger partial charge in [-0.1, -0.05) is 25.5 Å². The molecule has 2 aromatic rings. The molecule has 0 unspecified atom stereocenters. The molecule has 0 aliphatic carbocycles. The zero-order chi connectivity index (χ0) is 25.9. The van der Waals surface area contributed by atoms with E-state index in [1.54, 1.807) is 43.3 Å². The van der Waals surface area contributed by atoms with Gasteiger partial charge in [-0.15, -0.1) is 4.40 Å². The highest BCUT2D eigenvalue weighted by Gasteiger charge is 2.30. The number of carbonyl (C=O) groups is 1. The minimum absolute atomic E-state index is 0.0339. The summed E-state index contributed by atoms with van der Waals surface area (Å²) in [6.45, 7) is 5.82. The van der Waals surface area contributed by atoms with Gasteiger partial charge < -0.3 is 10.2 Å². The molecule has 4 rings (SSSR count). The van der Waals surface area contributed by atoms with Gasteiger partial charge in [-0.05, 0) is 68.5 Å². The van der Waals surface area contributed by atoms with E-state index < -0.39 is 20.0 Å². The van der Waals surface area contributed by atoms with Gasteiger partial charge in [0, 0.05) is 31.7 Å². The number of hydrogen-bond donors (Lipinski definition) is 1. The molecule has 2 aliphatic rings. The first-order valence-electron chi connectivity index (χ1n) is 12.2. The van der Waals surface area contributed by atoms with Crippen LogP contribution in [0.3, 0.4) is 0 Å². The average Bonchev–Trinajstić information content (AvgIpc) is 3.40. The van der Waals surface area contributed by atoms with Crippen molar-refractivity contribution in [3.05, 3.63) is 53.6 Å². The molecule has 36 heavy (non-hydrogen) atoms. The molecule has 194 valence electrons. The van der Waals surface area contributed by atoms with Crippen molar-refractivity contribution in [3.63, 3.8) is 0 Å². The number of fused-ring (bicyclic) bond motifs is 1. The molecular weight excluding hydrogens is 500 g/mol. The minimum Gasteiger partial charge on any atom is -0.352 e. The van der Waals surface area contributed by atoms with Gasteiger partial charge >= 0.3 is 0 Å². The highest BCUT2D eigenvalue weighted by molar-refractivity contribution is 7.90. The van der Waals surface area contributed by atoms with E-state index in [0.717, 1.165) is 31.2 Å². The summed E-state index contributed by atoms with van der Waals surface area (Å²) in [6.07, 6.45) is 4.13. The predicted octanol–water partition coefficient (Wildman–Crippen LogP) is 3.17. The number of sulfonamides is 2. The van der Waals surface area contributed by atoms with Crippen LogP contribution >= 0.6 is 0 Å². The first-order valence-corrected chi connectivity index (χ1v) is 15.1. The van der Waals surface area contributed by atoms with Crippen LogP contribution in [0.2, 0.25) is 0 Å². The maximum absolute atomic E-state index is 12.7.